The number of fused-ring (bicyclic) bond motifs is 1. The van der Waals surface area contributed by atoms with Crippen LogP contribution in [0.2, 0.25) is 0 Å². The second-order valence-electron chi connectivity index (χ2n) is 3.30. The average Bonchev–Trinajstić information content (AvgIpc) is 2.56. The Hall–Kier alpha value is -1.77. The number of hydrogen-bond acceptors (Lipinski definition) is 3. The number of rotatable bonds is 2. The average molecular weight is 204 g/mol. The van der Waals surface area contributed by atoms with Gasteiger partial charge in [-0.2, -0.15) is 0 Å². The molecule has 0 saturated carbocycles. The van der Waals surface area contributed by atoms with Gasteiger partial charge in [-0.3, -0.25) is 0 Å². The van der Waals surface area contributed by atoms with E-state index in [1.807, 2.05) is 25.1 Å². The predicted molar refractivity (Wildman–Crippen MR) is 56.0 cm³/mol. The number of carbonyl (C=O) groups excluding carboxylic acids is 1. The summed E-state index contributed by atoms with van der Waals surface area (Å²) in [5.41, 5.74) is 1.50. The molecule has 3 heteroatoms. The van der Waals surface area contributed by atoms with Crippen molar-refractivity contribution in [1.29, 1.82) is 0 Å². The Balaban J connectivity index is 2.47. The monoisotopic (exact) mass is 204 g/mol. The lowest BCUT2D eigenvalue weighted by molar-refractivity contribution is 0.0467. The minimum absolute atomic E-state index is 0.268. The predicted octanol–water partition coefficient (Wildman–Crippen LogP) is 2.48. The quantitative estimate of drug-likeness (QED) is 0.548. The van der Waals surface area contributed by atoms with Gasteiger partial charge in [0.1, 0.15) is 11.9 Å². The van der Waals surface area contributed by atoms with Crippen molar-refractivity contribution < 1.29 is 14.3 Å². The van der Waals surface area contributed by atoms with Gasteiger partial charge >= 0.3 is 5.97 Å². The summed E-state index contributed by atoms with van der Waals surface area (Å²) in [6.07, 6.45) is 3.45. The van der Waals surface area contributed by atoms with E-state index in [9.17, 15) is 4.79 Å². The smallest absolute Gasteiger partial charge is 0.339 e. The van der Waals surface area contributed by atoms with E-state index in [0.717, 1.165) is 11.3 Å². The van der Waals surface area contributed by atoms with Gasteiger partial charge in [0, 0.05) is 5.56 Å². The molecule has 15 heavy (non-hydrogen) atoms. The molecular weight excluding hydrogens is 192 g/mol. The first kappa shape index (κ1) is 9.77. The summed E-state index contributed by atoms with van der Waals surface area (Å²) < 4.78 is 10.3. The fraction of sp³-hybridized carbons (Fsp3) is 0.250. The Morgan fingerprint density at radius 3 is 2.93 bits per heavy atom. The number of methoxy groups -OCH3 is 1. The second-order valence-corrected chi connectivity index (χ2v) is 3.30. The first-order valence-corrected chi connectivity index (χ1v) is 4.78. The topological polar surface area (TPSA) is 35.5 Å². The number of ether oxygens (including phenoxy) is 2. The first-order valence-electron chi connectivity index (χ1n) is 4.78. The van der Waals surface area contributed by atoms with Gasteiger partial charge < -0.3 is 9.47 Å². The van der Waals surface area contributed by atoms with Crippen LogP contribution in [0.1, 0.15) is 28.9 Å². The molecule has 1 aromatic carbocycles. The van der Waals surface area contributed by atoms with Crippen molar-refractivity contribution >= 4 is 5.97 Å². The summed E-state index contributed by atoms with van der Waals surface area (Å²) >= 11 is 0. The summed E-state index contributed by atoms with van der Waals surface area (Å²) in [6, 6.07) is 5.34. The molecule has 0 aliphatic carbocycles. The summed E-state index contributed by atoms with van der Waals surface area (Å²) in [4.78, 5) is 11.5. The normalized spacial score (nSPS) is 19.1. The molecule has 1 atom stereocenters. The maximum Gasteiger partial charge on any atom is 0.339 e. The minimum atomic E-state index is -0.271. The zero-order valence-electron chi connectivity index (χ0n) is 8.69. The third-order valence-corrected chi connectivity index (χ3v) is 2.39. The third kappa shape index (κ3) is 1.61. The molecule has 0 fully saturated rings. The Morgan fingerprint density at radius 1 is 1.47 bits per heavy atom. The van der Waals surface area contributed by atoms with E-state index < -0.39 is 0 Å². The zero-order valence-corrected chi connectivity index (χ0v) is 8.69. The van der Waals surface area contributed by atoms with Gasteiger partial charge in [-0.05, 0) is 31.2 Å². The molecule has 2 rings (SSSR count). The lowest BCUT2D eigenvalue weighted by atomic mass is 10.0. The number of cyclic esters (lactones) is 1. The Morgan fingerprint density at radius 2 is 2.27 bits per heavy atom. The van der Waals surface area contributed by atoms with Crippen LogP contribution in [0.15, 0.2) is 30.4 Å². The van der Waals surface area contributed by atoms with Crippen molar-refractivity contribution in [2.45, 2.75) is 13.0 Å². The van der Waals surface area contributed by atoms with Gasteiger partial charge in [-0.1, -0.05) is 6.08 Å². The summed E-state index contributed by atoms with van der Waals surface area (Å²) in [5, 5.41) is 0. The van der Waals surface area contributed by atoms with E-state index in [4.69, 9.17) is 9.47 Å². The molecule has 0 radical (unpaired) electrons. The van der Waals surface area contributed by atoms with Crippen molar-refractivity contribution in [3.63, 3.8) is 0 Å². The highest BCUT2D eigenvalue weighted by molar-refractivity contribution is 5.94. The minimum Gasteiger partial charge on any atom is -0.497 e. The third-order valence-electron chi connectivity index (χ3n) is 2.39. The van der Waals surface area contributed by atoms with E-state index in [1.54, 1.807) is 19.2 Å². The van der Waals surface area contributed by atoms with Crippen molar-refractivity contribution in [1.82, 2.24) is 0 Å². The number of allylic oxidation sites excluding steroid dienone is 1. The van der Waals surface area contributed by atoms with E-state index >= 15 is 0 Å². The Kier molecular flexibility index (Phi) is 2.46. The van der Waals surface area contributed by atoms with Crippen LogP contribution in [-0.2, 0) is 4.74 Å². The molecule has 0 saturated heterocycles. The number of benzene rings is 1. The number of esters is 1. The van der Waals surface area contributed by atoms with Gasteiger partial charge in [0.2, 0.25) is 0 Å². The second kappa shape index (κ2) is 3.77. The number of carbonyl (C=O) groups is 1. The fourth-order valence-corrected chi connectivity index (χ4v) is 1.65. The van der Waals surface area contributed by atoms with E-state index in [1.165, 1.54) is 0 Å². The largest absolute Gasteiger partial charge is 0.497 e. The summed E-state index contributed by atoms with van der Waals surface area (Å²) in [5.74, 6) is 0.470. The molecule has 0 N–H and O–H groups in total. The molecule has 1 aliphatic heterocycles. The molecular formula is C12H12O3. The lowest BCUT2D eigenvalue weighted by Crippen LogP contribution is -1.94. The van der Waals surface area contributed by atoms with Crippen LogP contribution < -0.4 is 4.74 Å². The van der Waals surface area contributed by atoms with Crippen molar-refractivity contribution in [3.8, 4) is 5.75 Å². The van der Waals surface area contributed by atoms with Gasteiger partial charge in [-0.15, -0.1) is 0 Å². The highest BCUT2D eigenvalue weighted by Gasteiger charge is 2.29. The van der Waals surface area contributed by atoms with Gasteiger partial charge in [0.25, 0.3) is 0 Å². The van der Waals surface area contributed by atoms with Crippen LogP contribution in [0.5, 0.6) is 5.75 Å². The van der Waals surface area contributed by atoms with E-state index in [2.05, 4.69) is 0 Å². The van der Waals surface area contributed by atoms with Crippen LogP contribution in [0, 0.1) is 0 Å². The standard InChI is InChI=1S/C12H12O3/c1-3-4-11-10-7-8(14-2)5-6-9(10)12(13)15-11/h3-7,11H,1-2H3/b4-3-. The lowest BCUT2D eigenvalue weighted by Gasteiger charge is -2.05. The highest BCUT2D eigenvalue weighted by Crippen LogP contribution is 2.33. The van der Waals surface area contributed by atoms with Crippen LogP contribution in [-0.4, -0.2) is 13.1 Å². The van der Waals surface area contributed by atoms with E-state index in [0.29, 0.717) is 5.56 Å². The SMILES string of the molecule is C/C=C\C1OC(=O)c2ccc(OC)cc21. The molecule has 0 amide bonds. The van der Waals surface area contributed by atoms with E-state index in [-0.39, 0.29) is 12.1 Å². The zero-order chi connectivity index (χ0) is 10.8. The Labute approximate surface area is 88.3 Å². The molecule has 1 aliphatic rings. The van der Waals surface area contributed by atoms with Gasteiger partial charge in [0.05, 0.1) is 12.7 Å². The Bertz CT molecular complexity index is 421. The summed E-state index contributed by atoms with van der Waals surface area (Å²) in [7, 11) is 1.60. The van der Waals surface area contributed by atoms with Gasteiger partial charge in [0.15, 0.2) is 0 Å². The fourth-order valence-electron chi connectivity index (χ4n) is 1.65. The van der Waals surface area contributed by atoms with Crippen LogP contribution >= 0.6 is 0 Å². The van der Waals surface area contributed by atoms with Gasteiger partial charge in [-0.25, -0.2) is 4.79 Å². The van der Waals surface area contributed by atoms with Crippen molar-refractivity contribution in [2.75, 3.05) is 7.11 Å². The van der Waals surface area contributed by atoms with Crippen molar-refractivity contribution in [2.24, 2.45) is 0 Å². The summed E-state index contributed by atoms with van der Waals surface area (Å²) in [6.45, 7) is 1.89. The van der Waals surface area contributed by atoms with Crippen LogP contribution in [0.4, 0.5) is 0 Å². The van der Waals surface area contributed by atoms with Crippen LogP contribution in [0.3, 0.4) is 0 Å². The number of hydrogen-bond donors (Lipinski definition) is 0. The van der Waals surface area contributed by atoms with Crippen LogP contribution in [0.25, 0.3) is 0 Å². The highest BCUT2D eigenvalue weighted by atomic mass is 16.5. The molecule has 0 aromatic heterocycles. The molecule has 1 heterocycles. The maximum absolute atomic E-state index is 11.5. The molecule has 1 unspecified atom stereocenters. The molecule has 0 bridgehead atoms. The molecule has 0 spiro atoms. The molecule has 78 valence electrons. The molecule has 3 nitrogen and oxygen atoms in total. The first-order chi connectivity index (χ1) is 7.26. The van der Waals surface area contributed by atoms with Crippen molar-refractivity contribution in [3.05, 3.63) is 41.5 Å². The molecule has 1 aromatic rings. The maximum atomic E-state index is 11.5.